The van der Waals surface area contributed by atoms with Crippen LogP contribution in [-0.2, 0) is 6.54 Å². The first-order chi connectivity index (χ1) is 7.83. The predicted molar refractivity (Wildman–Crippen MR) is 68.0 cm³/mol. The first-order valence-corrected chi connectivity index (χ1v) is 6.72. The molecule has 3 nitrogen and oxygen atoms in total. The van der Waals surface area contributed by atoms with E-state index in [1.54, 1.807) is 13.3 Å². The average molecular weight is 285 g/mol. The Labute approximate surface area is 105 Å². The Kier molecular flexibility index (Phi) is 4.18. The molecule has 1 aliphatic rings. The van der Waals surface area contributed by atoms with Crippen LogP contribution in [0.4, 0.5) is 0 Å². The Bertz CT molecular complexity index is 346. The van der Waals surface area contributed by atoms with Gasteiger partial charge in [-0.05, 0) is 24.9 Å². The number of hydrogen-bond donors (Lipinski definition) is 0. The van der Waals surface area contributed by atoms with Gasteiger partial charge in [0.05, 0.1) is 7.11 Å². The van der Waals surface area contributed by atoms with Crippen LogP contribution >= 0.6 is 15.9 Å². The van der Waals surface area contributed by atoms with Gasteiger partial charge in [0, 0.05) is 30.2 Å². The maximum Gasteiger partial charge on any atom is 0.217 e. The number of ether oxygens (including phenoxy) is 1. The number of methoxy groups -OCH3 is 1. The van der Waals surface area contributed by atoms with E-state index in [-0.39, 0.29) is 0 Å². The van der Waals surface area contributed by atoms with E-state index in [0.717, 1.165) is 23.7 Å². The molecule has 1 aliphatic heterocycles. The Balaban J connectivity index is 1.99. The van der Waals surface area contributed by atoms with E-state index >= 15 is 0 Å². The molecule has 4 heteroatoms. The maximum atomic E-state index is 5.26. The number of halogens is 1. The number of likely N-dealkylation sites (tertiary alicyclic amines) is 1. The van der Waals surface area contributed by atoms with Crippen LogP contribution in [0.2, 0.25) is 0 Å². The molecule has 0 saturated carbocycles. The average Bonchev–Trinajstić information content (AvgIpc) is 2.77. The number of nitrogens with zero attached hydrogens (tertiary/aromatic N) is 2. The van der Waals surface area contributed by atoms with E-state index < -0.39 is 0 Å². The smallest absolute Gasteiger partial charge is 0.217 e. The molecule has 0 spiro atoms. The zero-order valence-electron chi connectivity index (χ0n) is 9.53. The van der Waals surface area contributed by atoms with E-state index in [9.17, 15) is 0 Å². The molecule has 2 rings (SSSR count). The Morgan fingerprint density at radius 3 is 3.19 bits per heavy atom. The van der Waals surface area contributed by atoms with Gasteiger partial charge in [-0.15, -0.1) is 0 Å². The van der Waals surface area contributed by atoms with E-state index in [1.165, 1.54) is 25.1 Å². The molecule has 16 heavy (non-hydrogen) atoms. The Hall–Kier alpha value is -0.610. The van der Waals surface area contributed by atoms with Crippen LogP contribution in [0.1, 0.15) is 12.0 Å². The standard InChI is InChI=1S/C12H17BrN2O/c1-16-12-11(3-2-5-14-12)9-15-6-4-10(7-13)8-15/h2-3,5,10H,4,6-9H2,1H3. The molecule has 1 aromatic heterocycles. The van der Waals surface area contributed by atoms with E-state index in [0.29, 0.717) is 0 Å². The molecule has 0 bridgehead atoms. The Morgan fingerprint density at radius 2 is 2.50 bits per heavy atom. The van der Waals surface area contributed by atoms with Crippen molar-refractivity contribution in [2.45, 2.75) is 13.0 Å². The van der Waals surface area contributed by atoms with Crippen molar-refractivity contribution in [2.75, 3.05) is 25.5 Å². The molecule has 1 saturated heterocycles. The molecule has 88 valence electrons. The van der Waals surface area contributed by atoms with Crippen molar-refractivity contribution in [3.8, 4) is 5.88 Å². The summed E-state index contributed by atoms with van der Waals surface area (Å²) in [6.45, 7) is 3.29. The van der Waals surface area contributed by atoms with Gasteiger partial charge >= 0.3 is 0 Å². The minimum Gasteiger partial charge on any atom is -0.481 e. The van der Waals surface area contributed by atoms with Crippen molar-refractivity contribution < 1.29 is 4.74 Å². The zero-order chi connectivity index (χ0) is 11.4. The largest absolute Gasteiger partial charge is 0.481 e. The van der Waals surface area contributed by atoms with Crippen LogP contribution < -0.4 is 4.74 Å². The van der Waals surface area contributed by atoms with Gasteiger partial charge in [-0.3, -0.25) is 4.90 Å². The lowest BCUT2D eigenvalue weighted by molar-refractivity contribution is 0.309. The van der Waals surface area contributed by atoms with E-state index in [4.69, 9.17) is 4.74 Å². The quantitative estimate of drug-likeness (QED) is 0.794. The topological polar surface area (TPSA) is 25.4 Å². The SMILES string of the molecule is COc1ncccc1CN1CCC(CBr)C1. The van der Waals surface area contributed by atoms with Crippen molar-refractivity contribution in [1.29, 1.82) is 0 Å². The summed E-state index contributed by atoms with van der Waals surface area (Å²) in [4.78, 5) is 6.68. The summed E-state index contributed by atoms with van der Waals surface area (Å²) in [5.74, 6) is 1.55. The van der Waals surface area contributed by atoms with Crippen molar-refractivity contribution in [2.24, 2.45) is 5.92 Å². The third-order valence-corrected chi connectivity index (χ3v) is 3.94. The van der Waals surface area contributed by atoms with Gasteiger partial charge in [0.15, 0.2) is 0 Å². The number of hydrogen-bond acceptors (Lipinski definition) is 3. The highest BCUT2D eigenvalue weighted by Crippen LogP contribution is 2.22. The molecule has 1 aromatic rings. The molecule has 0 N–H and O–H groups in total. The number of aromatic nitrogens is 1. The summed E-state index contributed by atoms with van der Waals surface area (Å²) in [6.07, 6.45) is 3.06. The van der Waals surface area contributed by atoms with Gasteiger partial charge in [0.2, 0.25) is 5.88 Å². The lowest BCUT2D eigenvalue weighted by atomic mass is 10.2. The van der Waals surface area contributed by atoms with Gasteiger partial charge in [-0.1, -0.05) is 22.0 Å². The monoisotopic (exact) mass is 284 g/mol. The van der Waals surface area contributed by atoms with E-state index in [1.807, 2.05) is 6.07 Å². The van der Waals surface area contributed by atoms with Gasteiger partial charge in [0.1, 0.15) is 0 Å². The molecule has 1 unspecified atom stereocenters. The fourth-order valence-corrected chi connectivity index (χ4v) is 2.68. The fraction of sp³-hybridized carbons (Fsp3) is 0.583. The summed E-state index contributed by atoms with van der Waals surface area (Å²) in [5, 5.41) is 1.10. The van der Waals surface area contributed by atoms with Crippen molar-refractivity contribution in [1.82, 2.24) is 9.88 Å². The van der Waals surface area contributed by atoms with Crippen LogP contribution in [0.25, 0.3) is 0 Å². The maximum absolute atomic E-state index is 5.26. The molecule has 0 radical (unpaired) electrons. The third kappa shape index (κ3) is 2.74. The minimum absolute atomic E-state index is 0.754. The summed E-state index contributed by atoms with van der Waals surface area (Å²) < 4.78 is 5.26. The van der Waals surface area contributed by atoms with Crippen molar-refractivity contribution >= 4 is 15.9 Å². The molecule has 0 amide bonds. The Morgan fingerprint density at radius 1 is 1.62 bits per heavy atom. The normalized spacial score (nSPS) is 21.2. The van der Waals surface area contributed by atoms with Crippen molar-refractivity contribution in [3.05, 3.63) is 23.9 Å². The van der Waals surface area contributed by atoms with Crippen LogP contribution in [0.15, 0.2) is 18.3 Å². The number of pyridine rings is 1. The van der Waals surface area contributed by atoms with Crippen molar-refractivity contribution in [3.63, 3.8) is 0 Å². The summed E-state index contributed by atoms with van der Waals surface area (Å²) in [6, 6.07) is 4.06. The molecule has 1 fully saturated rings. The predicted octanol–water partition coefficient (Wildman–Crippen LogP) is 2.31. The van der Waals surface area contributed by atoms with Crippen LogP contribution in [0.5, 0.6) is 5.88 Å². The molecular weight excluding hydrogens is 268 g/mol. The minimum atomic E-state index is 0.754. The lowest BCUT2D eigenvalue weighted by Gasteiger charge is -2.16. The second-order valence-corrected chi connectivity index (χ2v) is 4.86. The highest BCUT2D eigenvalue weighted by atomic mass is 79.9. The molecular formula is C12H17BrN2O. The van der Waals surface area contributed by atoms with Gasteiger partial charge in [0.25, 0.3) is 0 Å². The first kappa shape index (κ1) is 11.9. The third-order valence-electron chi connectivity index (χ3n) is 3.03. The lowest BCUT2D eigenvalue weighted by Crippen LogP contribution is -2.20. The van der Waals surface area contributed by atoms with Gasteiger partial charge in [-0.2, -0.15) is 0 Å². The first-order valence-electron chi connectivity index (χ1n) is 5.59. The fourth-order valence-electron chi connectivity index (χ4n) is 2.15. The number of rotatable bonds is 4. The summed E-state index contributed by atoms with van der Waals surface area (Å²) >= 11 is 3.55. The highest BCUT2D eigenvalue weighted by Gasteiger charge is 2.22. The molecule has 0 aliphatic carbocycles. The second kappa shape index (κ2) is 5.64. The highest BCUT2D eigenvalue weighted by molar-refractivity contribution is 9.09. The molecule has 2 heterocycles. The summed E-state index contributed by atoms with van der Waals surface area (Å²) in [7, 11) is 1.68. The summed E-state index contributed by atoms with van der Waals surface area (Å²) in [5.41, 5.74) is 1.18. The van der Waals surface area contributed by atoms with Crippen LogP contribution in [0.3, 0.4) is 0 Å². The number of alkyl halides is 1. The van der Waals surface area contributed by atoms with Crippen LogP contribution in [0, 0.1) is 5.92 Å². The van der Waals surface area contributed by atoms with Gasteiger partial charge in [-0.25, -0.2) is 4.98 Å². The van der Waals surface area contributed by atoms with Gasteiger partial charge < -0.3 is 4.74 Å². The molecule has 0 aromatic carbocycles. The zero-order valence-corrected chi connectivity index (χ0v) is 11.1. The second-order valence-electron chi connectivity index (χ2n) is 4.22. The van der Waals surface area contributed by atoms with Crippen LogP contribution in [-0.4, -0.2) is 35.4 Å². The van der Waals surface area contributed by atoms with E-state index in [2.05, 4.69) is 31.9 Å². The molecule has 1 atom stereocenters.